The van der Waals surface area contributed by atoms with E-state index in [0.29, 0.717) is 17.8 Å². The van der Waals surface area contributed by atoms with Crippen molar-refractivity contribution in [2.75, 3.05) is 24.2 Å². The SMILES string of the molecule is CNc1cc(Nc2nccc([C@H]3CCCN3)n2)ncn1. The number of anilines is 3. The number of hydrogen-bond acceptors (Lipinski definition) is 7. The van der Waals surface area contributed by atoms with Gasteiger partial charge in [-0.2, -0.15) is 0 Å². The lowest BCUT2D eigenvalue weighted by molar-refractivity contribution is 0.626. The summed E-state index contributed by atoms with van der Waals surface area (Å²) in [5, 5.41) is 9.50. The second-order valence-corrected chi connectivity index (χ2v) is 4.62. The van der Waals surface area contributed by atoms with Crippen LogP contribution >= 0.6 is 0 Å². The molecule has 0 saturated carbocycles. The van der Waals surface area contributed by atoms with Gasteiger partial charge in [0, 0.05) is 25.4 Å². The van der Waals surface area contributed by atoms with Crippen molar-refractivity contribution in [3.8, 4) is 0 Å². The van der Waals surface area contributed by atoms with Crippen LogP contribution in [0.5, 0.6) is 0 Å². The molecule has 2 aromatic heterocycles. The zero-order valence-corrected chi connectivity index (χ0v) is 11.3. The zero-order valence-electron chi connectivity index (χ0n) is 11.3. The minimum atomic E-state index is 0.330. The van der Waals surface area contributed by atoms with Gasteiger partial charge in [-0.15, -0.1) is 0 Å². The molecule has 20 heavy (non-hydrogen) atoms. The largest absolute Gasteiger partial charge is 0.373 e. The average molecular weight is 271 g/mol. The molecule has 0 spiro atoms. The summed E-state index contributed by atoms with van der Waals surface area (Å²) in [6.45, 7) is 1.05. The maximum Gasteiger partial charge on any atom is 0.228 e. The first-order valence-electron chi connectivity index (χ1n) is 6.68. The molecule has 1 aliphatic heterocycles. The Kier molecular flexibility index (Phi) is 3.69. The summed E-state index contributed by atoms with van der Waals surface area (Å²) in [4.78, 5) is 17.0. The predicted molar refractivity (Wildman–Crippen MR) is 76.9 cm³/mol. The Hall–Kier alpha value is -2.28. The third-order valence-electron chi connectivity index (χ3n) is 3.26. The van der Waals surface area contributed by atoms with Crippen molar-refractivity contribution in [1.29, 1.82) is 0 Å². The molecule has 0 bridgehead atoms. The quantitative estimate of drug-likeness (QED) is 0.776. The first-order valence-corrected chi connectivity index (χ1v) is 6.68. The van der Waals surface area contributed by atoms with E-state index in [0.717, 1.165) is 24.5 Å². The lowest BCUT2D eigenvalue weighted by atomic mass is 10.1. The molecule has 7 heteroatoms. The number of nitrogens with one attached hydrogen (secondary N) is 3. The highest BCUT2D eigenvalue weighted by Crippen LogP contribution is 2.22. The summed E-state index contributed by atoms with van der Waals surface area (Å²) >= 11 is 0. The van der Waals surface area contributed by atoms with Gasteiger partial charge < -0.3 is 16.0 Å². The summed E-state index contributed by atoms with van der Waals surface area (Å²) in [5.74, 6) is 1.97. The monoisotopic (exact) mass is 271 g/mol. The summed E-state index contributed by atoms with van der Waals surface area (Å²) in [6.07, 6.45) is 5.57. The standard InChI is InChI=1S/C13H17N7/c1-14-11-7-12(18-8-17-11)20-13-16-6-4-10(19-13)9-3-2-5-15-9/h4,6-9,15H,2-3,5H2,1H3,(H2,14,16,17,18,19,20)/t9-/m1/s1. The van der Waals surface area contributed by atoms with E-state index in [1.54, 1.807) is 6.20 Å². The van der Waals surface area contributed by atoms with Crippen molar-refractivity contribution in [1.82, 2.24) is 25.3 Å². The maximum absolute atomic E-state index is 4.54. The van der Waals surface area contributed by atoms with Gasteiger partial charge in [0.1, 0.15) is 18.0 Å². The Balaban J connectivity index is 1.78. The molecule has 0 radical (unpaired) electrons. The van der Waals surface area contributed by atoms with Gasteiger partial charge in [0.25, 0.3) is 0 Å². The predicted octanol–water partition coefficient (Wildman–Crippen LogP) is 1.48. The minimum Gasteiger partial charge on any atom is -0.373 e. The third kappa shape index (κ3) is 2.83. The van der Waals surface area contributed by atoms with Crippen LogP contribution in [0.3, 0.4) is 0 Å². The summed E-state index contributed by atoms with van der Waals surface area (Å²) in [7, 11) is 1.81. The Morgan fingerprint density at radius 1 is 1.25 bits per heavy atom. The van der Waals surface area contributed by atoms with Crippen molar-refractivity contribution in [3.05, 3.63) is 30.4 Å². The Morgan fingerprint density at radius 3 is 2.95 bits per heavy atom. The fourth-order valence-corrected chi connectivity index (χ4v) is 2.24. The molecule has 3 rings (SSSR count). The van der Waals surface area contributed by atoms with Crippen LogP contribution in [0.1, 0.15) is 24.6 Å². The topological polar surface area (TPSA) is 87.7 Å². The molecular weight excluding hydrogens is 254 g/mol. The molecule has 3 heterocycles. The van der Waals surface area contributed by atoms with E-state index in [9.17, 15) is 0 Å². The van der Waals surface area contributed by atoms with Crippen molar-refractivity contribution >= 4 is 17.6 Å². The summed E-state index contributed by atoms with van der Waals surface area (Å²) in [6, 6.07) is 4.09. The first kappa shape index (κ1) is 12.7. The number of aromatic nitrogens is 4. The molecule has 104 valence electrons. The summed E-state index contributed by atoms with van der Waals surface area (Å²) < 4.78 is 0. The van der Waals surface area contributed by atoms with Crippen molar-refractivity contribution in [3.63, 3.8) is 0 Å². The molecular formula is C13H17N7. The molecule has 0 amide bonds. The van der Waals surface area contributed by atoms with Gasteiger partial charge in [-0.25, -0.2) is 19.9 Å². The van der Waals surface area contributed by atoms with E-state index in [2.05, 4.69) is 35.9 Å². The average Bonchev–Trinajstić information content (AvgIpc) is 3.02. The van der Waals surface area contributed by atoms with Crippen LogP contribution in [0.15, 0.2) is 24.7 Å². The molecule has 7 nitrogen and oxygen atoms in total. The normalized spacial score (nSPS) is 17.9. The Labute approximate surface area is 117 Å². The molecule has 2 aromatic rings. The number of hydrogen-bond donors (Lipinski definition) is 3. The first-order chi connectivity index (χ1) is 9.85. The molecule has 1 atom stereocenters. The van der Waals surface area contributed by atoms with Crippen LogP contribution in [0.2, 0.25) is 0 Å². The lowest BCUT2D eigenvalue weighted by Gasteiger charge is -2.11. The second-order valence-electron chi connectivity index (χ2n) is 4.62. The van der Waals surface area contributed by atoms with Crippen LogP contribution in [0, 0.1) is 0 Å². The van der Waals surface area contributed by atoms with Gasteiger partial charge in [-0.3, -0.25) is 0 Å². The van der Waals surface area contributed by atoms with E-state index in [1.165, 1.54) is 12.7 Å². The molecule has 0 aliphatic carbocycles. The zero-order chi connectivity index (χ0) is 13.8. The highest BCUT2D eigenvalue weighted by atomic mass is 15.2. The Morgan fingerprint density at radius 2 is 2.15 bits per heavy atom. The molecule has 0 aromatic carbocycles. The van der Waals surface area contributed by atoms with Crippen LogP contribution in [0.25, 0.3) is 0 Å². The van der Waals surface area contributed by atoms with E-state index >= 15 is 0 Å². The van der Waals surface area contributed by atoms with Gasteiger partial charge in [0.15, 0.2) is 0 Å². The lowest BCUT2D eigenvalue weighted by Crippen LogP contribution is -2.15. The minimum absolute atomic E-state index is 0.330. The van der Waals surface area contributed by atoms with Gasteiger partial charge in [0.05, 0.1) is 5.69 Å². The fraction of sp³-hybridized carbons (Fsp3) is 0.385. The molecule has 1 saturated heterocycles. The number of nitrogens with zero attached hydrogens (tertiary/aromatic N) is 4. The van der Waals surface area contributed by atoms with Crippen LogP contribution in [0.4, 0.5) is 17.6 Å². The smallest absolute Gasteiger partial charge is 0.228 e. The van der Waals surface area contributed by atoms with E-state index < -0.39 is 0 Å². The van der Waals surface area contributed by atoms with Gasteiger partial charge in [-0.05, 0) is 25.5 Å². The van der Waals surface area contributed by atoms with Crippen molar-refractivity contribution in [2.24, 2.45) is 0 Å². The van der Waals surface area contributed by atoms with Gasteiger partial charge >= 0.3 is 0 Å². The fourth-order valence-electron chi connectivity index (χ4n) is 2.24. The van der Waals surface area contributed by atoms with E-state index in [4.69, 9.17) is 0 Å². The van der Waals surface area contributed by atoms with E-state index in [1.807, 2.05) is 19.2 Å². The second kappa shape index (κ2) is 5.79. The Bertz CT molecular complexity index is 580. The molecule has 1 aliphatic rings. The number of rotatable bonds is 4. The highest BCUT2D eigenvalue weighted by molar-refractivity contribution is 5.52. The van der Waals surface area contributed by atoms with Crippen molar-refractivity contribution in [2.45, 2.75) is 18.9 Å². The molecule has 0 unspecified atom stereocenters. The maximum atomic E-state index is 4.54. The van der Waals surface area contributed by atoms with Crippen LogP contribution in [-0.2, 0) is 0 Å². The summed E-state index contributed by atoms with van der Waals surface area (Å²) in [5.41, 5.74) is 1.02. The van der Waals surface area contributed by atoms with Crippen LogP contribution in [-0.4, -0.2) is 33.5 Å². The highest BCUT2D eigenvalue weighted by Gasteiger charge is 2.17. The van der Waals surface area contributed by atoms with Gasteiger partial charge in [0.2, 0.25) is 5.95 Å². The third-order valence-corrected chi connectivity index (χ3v) is 3.26. The van der Waals surface area contributed by atoms with Gasteiger partial charge in [-0.1, -0.05) is 0 Å². The van der Waals surface area contributed by atoms with Crippen molar-refractivity contribution < 1.29 is 0 Å². The molecule has 3 N–H and O–H groups in total. The van der Waals surface area contributed by atoms with E-state index in [-0.39, 0.29) is 0 Å². The molecule has 1 fully saturated rings. The van der Waals surface area contributed by atoms with Crippen LogP contribution < -0.4 is 16.0 Å².